The molecule has 1 aromatic rings. The minimum absolute atomic E-state index is 0. The van der Waals surface area contributed by atoms with E-state index in [1.807, 2.05) is 13.0 Å². The van der Waals surface area contributed by atoms with Crippen LogP contribution >= 0.6 is 0 Å². The Hall–Kier alpha value is -0.0700. The van der Waals surface area contributed by atoms with Gasteiger partial charge >= 0.3 is 29.6 Å². The van der Waals surface area contributed by atoms with Gasteiger partial charge in [0.2, 0.25) is 0 Å². The third-order valence-electron chi connectivity index (χ3n) is 5.88. The molecule has 4 nitrogen and oxygen atoms in total. The van der Waals surface area contributed by atoms with Crippen molar-refractivity contribution in [2.45, 2.75) is 123 Å². The molecule has 0 spiro atoms. The van der Waals surface area contributed by atoms with Gasteiger partial charge in [-0.25, -0.2) is 8.42 Å². The Labute approximate surface area is 220 Å². The van der Waals surface area contributed by atoms with Gasteiger partial charge in [-0.15, -0.1) is 0 Å². The largest absolute Gasteiger partial charge is 1.00 e. The molecule has 0 radical (unpaired) electrons. The van der Waals surface area contributed by atoms with E-state index in [2.05, 4.69) is 26.0 Å². The maximum atomic E-state index is 11.2. The zero-order valence-electron chi connectivity index (χ0n) is 21.2. The first-order valence-corrected chi connectivity index (χ1v) is 14.2. The van der Waals surface area contributed by atoms with E-state index in [1.54, 1.807) is 0 Å². The van der Waals surface area contributed by atoms with Crippen LogP contribution in [0.3, 0.4) is 0 Å². The molecule has 0 aliphatic rings. The Kier molecular flexibility index (Phi) is 19.2. The summed E-state index contributed by atoms with van der Waals surface area (Å²) in [5.74, 6) is 0.273. The molecule has 0 aliphatic carbocycles. The van der Waals surface area contributed by atoms with Gasteiger partial charge in [0.1, 0.15) is 11.9 Å². The van der Waals surface area contributed by atoms with Gasteiger partial charge in [-0.05, 0) is 49.3 Å². The van der Waals surface area contributed by atoms with Crippen LogP contribution < -0.4 is 34.3 Å². The van der Waals surface area contributed by atoms with E-state index in [-0.39, 0.29) is 29.6 Å². The predicted octanol–water partition coefficient (Wildman–Crippen LogP) is 4.20. The number of aryl methyl sites for hydroxylation is 2. The summed E-state index contributed by atoms with van der Waals surface area (Å²) in [5.41, 5.74) is 2.48. The van der Waals surface area contributed by atoms with Crippen molar-refractivity contribution in [1.29, 1.82) is 0 Å². The normalized spacial score (nSPS) is 12.4. The number of unbranched alkanes of at least 4 members (excludes halogenated alkanes) is 10. The molecule has 1 aromatic carbocycles. The quantitative estimate of drug-likeness (QED) is 0.171. The topological polar surface area (TPSA) is 66.4 Å². The molecule has 1 atom stereocenters. The molecular formula is C26H45NaO4S. The van der Waals surface area contributed by atoms with E-state index in [0.29, 0.717) is 6.42 Å². The Bertz CT molecular complexity index is 691. The van der Waals surface area contributed by atoms with Gasteiger partial charge in [0, 0.05) is 0 Å². The van der Waals surface area contributed by atoms with Crippen LogP contribution in [0, 0.1) is 0 Å². The van der Waals surface area contributed by atoms with E-state index in [1.165, 1.54) is 76.2 Å². The van der Waals surface area contributed by atoms with E-state index in [0.717, 1.165) is 30.6 Å². The first-order valence-electron chi connectivity index (χ1n) is 12.6. The first kappa shape index (κ1) is 31.9. The number of hydrogen-bond donors (Lipinski definition) is 0. The first-order chi connectivity index (χ1) is 14.9. The van der Waals surface area contributed by atoms with Crippen LogP contribution in [0.15, 0.2) is 18.2 Å². The van der Waals surface area contributed by atoms with Gasteiger partial charge in [-0.1, -0.05) is 97.1 Å². The van der Waals surface area contributed by atoms with Gasteiger partial charge in [0.05, 0.1) is 15.9 Å². The maximum absolute atomic E-state index is 11.2. The molecule has 0 fully saturated rings. The van der Waals surface area contributed by atoms with Crippen molar-refractivity contribution in [3.63, 3.8) is 0 Å². The minimum atomic E-state index is -4.30. The summed E-state index contributed by atoms with van der Waals surface area (Å²) in [6.07, 6.45) is 17.0. The summed E-state index contributed by atoms with van der Waals surface area (Å²) in [4.78, 5) is 0. The summed E-state index contributed by atoms with van der Waals surface area (Å²) in [6.45, 7) is 6.33. The molecule has 0 aromatic heterocycles. The Balaban J connectivity index is 0.00000961. The second-order valence-corrected chi connectivity index (χ2v) is 10.3. The molecule has 0 saturated heterocycles. The monoisotopic (exact) mass is 476 g/mol. The number of ether oxygens (including phenoxy) is 1. The van der Waals surface area contributed by atoms with Crippen molar-refractivity contribution in [3.8, 4) is 5.75 Å². The summed E-state index contributed by atoms with van der Waals surface area (Å²) in [5, 5.41) is 0. The third-order valence-corrected chi connectivity index (χ3v) is 6.66. The number of benzene rings is 1. The van der Waals surface area contributed by atoms with Crippen molar-refractivity contribution in [2.75, 3.05) is 5.75 Å². The Morgan fingerprint density at radius 1 is 0.812 bits per heavy atom. The zero-order valence-corrected chi connectivity index (χ0v) is 24.0. The second kappa shape index (κ2) is 19.3. The van der Waals surface area contributed by atoms with Gasteiger partial charge in [-0.3, -0.25) is 0 Å². The fraction of sp³-hybridized carbons (Fsp3) is 0.769. The molecule has 1 unspecified atom stereocenters. The van der Waals surface area contributed by atoms with Crippen LogP contribution in [0.2, 0.25) is 0 Å². The molecule has 32 heavy (non-hydrogen) atoms. The van der Waals surface area contributed by atoms with Gasteiger partial charge < -0.3 is 9.29 Å². The average molecular weight is 477 g/mol. The molecule has 6 heteroatoms. The molecule has 1 rings (SSSR count). The number of hydrogen-bond acceptors (Lipinski definition) is 4. The Morgan fingerprint density at radius 3 is 1.88 bits per heavy atom. The van der Waals surface area contributed by atoms with Gasteiger partial charge in [0.15, 0.2) is 0 Å². The molecular weight excluding hydrogens is 431 g/mol. The van der Waals surface area contributed by atoms with E-state index in [9.17, 15) is 13.0 Å². The van der Waals surface area contributed by atoms with Crippen molar-refractivity contribution < 1.29 is 47.3 Å². The molecule has 0 amide bonds. The standard InChI is InChI=1S/C26H46O4S.Na/c1-4-7-9-11-13-15-17-23-19-20-26(30-25(6-3)22-31(27,28)29)24(21-23)18-16-14-12-10-8-5-2;/h19-21,25H,4-18,22H2,1-3H3,(H,27,28,29);/q;+1/p-1. The summed E-state index contributed by atoms with van der Waals surface area (Å²) < 4.78 is 39.6. The fourth-order valence-electron chi connectivity index (χ4n) is 3.95. The van der Waals surface area contributed by atoms with Crippen LogP contribution in [-0.4, -0.2) is 24.8 Å². The van der Waals surface area contributed by atoms with Crippen LogP contribution in [0.4, 0.5) is 0 Å². The van der Waals surface area contributed by atoms with Gasteiger partial charge in [-0.2, -0.15) is 0 Å². The molecule has 0 bridgehead atoms. The molecule has 0 heterocycles. The zero-order chi connectivity index (χ0) is 23.0. The maximum Gasteiger partial charge on any atom is 1.00 e. The van der Waals surface area contributed by atoms with Crippen molar-refractivity contribution in [2.24, 2.45) is 0 Å². The van der Waals surface area contributed by atoms with Crippen molar-refractivity contribution in [1.82, 2.24) is 0 Å². The van der Waals surface area contributed by atoms with Crippen molar-refractivity contribution in [3.05, 3.63) is 29.3 Å². The smallest absolute Gasteiger partial charge is 0.748 e. The fourth-order valence-corrected chi connectivity index (χ4v) is 4.71. The predicted molar refractivity (Wildman–Crippen MR) is 130 cm³/mol. The summed E-state index contributed by atoms with van der Waals surface area (Å²) in [6, 6.07) is 6.33. The van der Waals surface area contributed by atoms with E-state index in [4.69, 9.17) is 4.74 Å². The third kappa shape index (κ3) is 15.7. The van der Waals surface area contributed by atoms with E-state index >= 15 is 0 Å². The van der Waals surface area contributed by atoms with Crippen LogP contribution in [0.1, 0.15) is 115 Å². The minimum Gasteiger partial charge on any atom is -0.748 e. The second-order valence-electron chi connectivity index (χ2n) is 8.85. The number of rotatable bonds is 19. The summed E-state index contributed by atoms with van der Waals surface area (Å²) in [7, 11) is -4.30. The molecule has 0 N–H and O–H groups in total. The average Bonchev–Trinajstić information content (AvgIpc) is 2.73. The van der Waals surface area contributed by atoms with Crippen LogP contribution in [0.5, 0.6) is 5.75 Å². The summed E-state index contributed by atoms with van der Waals surface area (Å²) >= 11 is 0. The van der Waals surface area contributed by atoms with Crippen molar-refractivity contribution >= 4 is 10.1 Å². The van der Waals surface area contributed by atoms with Gasteiger partial charge in [0.25, 0.3) is 0 Å². The Morgan fingerprint density at radius 2 is 1.34 bits per heavy atom. The van der Waals surface area contributed by atoms with Crippen LogP contribution in [-0.2, 0) is 23.0 Å². The molecule has 180 valence electrons. The molecule has 0 aliphatic heterocycles. The van der Waals surface area contributed by atoms with Crippen LogP contribution in [0.25, 0.3) is 0 Å². The molecule has 0 saturated carbocycles. The SMILES string of the molecule is CCCCCCCCc1ccc(OC(CC)CS(=O)(=O)[O-])c(CCCCCCCC)c1.[Na+]. The van der Waals surface area contributed by atoms with E-state index < -0.39 is 22.0 Å².